The largest absolute Gasteiger partial charge is 0.369 e. The Bertz CT molecular complexity index is 972. The third kappa shape index (κ3) is 4.68. The summed E-state index contributed by atoms with van der Waals surface area (Å²) in [4.78, 5) is 14.4. The van der Waals surface area contributed by atoms with Crippen molar-refractivity contribution in [1.29, 1.82) is 0 Å². The summed E-state index contributed by atoms with van der Waals surface area (Å²) in [6, 6.07) is 8.16. The molecule has 1 aliphatic heterocycles. The van der Waals surface area contributed by atoms with Crippen LogP contribution in [0.4, 0.5) is 5.82 Å². The molecule has 0 aliphatic carbocycles. The Kier molecular flexibility index (Phi) is 6.16. The molecule has 1 N–H and O–H groups in total. The molecule has 0 saturated heterocycles. The van der Waals surface area contributed by atoms with E-state index < -0.39 is 9.84 Å². The molecule has 2 aromatic rings. The number of aryl methyl sites for hydroxylation is 1. The lowest BCUT2D eigenvalue weighted by atomic mass is 10.2. The molecular weight excluding hydrogens is 380 g/mol. The number of anilines is 1. The van der Waals surface area contributed by atoms with Crippen molar-refractivity contribution in [2.24, 2.45) is 4.99 Å². The van der Waals surface area contributed by atoms with Crippen LogP contribution < -0.4 is 5.32 Å². The van der Waals surface area contributed by atoms with Crippen LogP contribution in [0.5, 0.6) is 0 Å². The molecule has 0 saturated carbocycles. The fourth-order valence-electron chi connectivity index (χ4n) is 2.84. The summed E-state index contributed by atoms with van der Waals surface area (Å²) in [5, 5.41) is 3.99. The number of thioether (sulfide) groups is 1. The third-order valence-electron chi connectivity index (χ3n) is 4.26. The zero-order valence-corrected chi connectivity index (χ0v) is 17.5. The Labute approximate surface area is 164 Å². The summed E-state index contributed by atoms with van der Waals surface area (Å²) in [7, 11) is -3.49. The summed E-state index contributed by atoms with van der Waals surface area (Å²) in [5.41, 5.74) is 2.60. The molecule has 3 rings (SSSR count). The average molecular weight is 405 g/mol. The fraction of sp³-hybridized carbons (Fsp3) is 0.421. The Balaban J connectivity index is 1.99. The first kappa shape index (κ1) is 19.8. The lowest BCUT2D eigenvalue weighted by Gasteiger charge is -2.19. The minimum Gasteiger partial charge on any atom is -0.369 e. The van der Waals surface area contributed by atoms with Gasteiger partial charge >= 0.3 is 0 Å². The molecule has 2 heterocycles. The van der Waals surface area contributed by atoms with E-state index in [0.29, 0.717) is 18.1 Å². The van der Waals surface area contributed by atoms with E-state index in [1.165, 1.54) is 5.56 Å². The number of sulfone groups is 1. The first-order chi connectivity index (χ1) is 12.9. The molecular formula is C19H24N4O2S2. The molecule has 0 bridgehead atoms. The van der Waals surface area contributed by atoms with Gasteiger partial charge in [0.05, 0.1) is 17.8 Å². The van der Waals surface area contributed by atoms with E-state index in [4.69, 9.17) is 4.99 Å². The Hall–Kier alpha value is -1.93. The van der Waals surface area contributed by atoms with Crippen LogP contribution in [0.25, 0.3) is 0 Å². The van der Waals surface area contributed by atoms with Crippen LogP contribution in [0, 0.1) is 6.92 Å². The molecule has 8 heteroatoms. The van der Waals surface area contributed by atoms with Gasteiger partial charge in [0, 0.05) is 17.7 Å². The van der Waals surface area contributed by atoms with Gasteiger partial charge in [-0.05, 0) is 25.0 Å². The van der Waals surface area contributed by atoms with E-state index in [1.54, 1.807) is 11.8 Å². The van der Waals surface area contributed by atoms with Crippen molar-refractivity contribution in [2.75, 3.05) is 18.1 Å². The summed E-state index contributed by atoms with van der Waals surface area (Å²) >= 11 is 1.58. The second-order valence-electron chi connectivity index (χ2n) is 6.55. The Morgan fingerprint density at radius 3 is 2.70 bits per heavy atom. The number of hydrogen-bond acceptors (Lipinski definition) is 7. The molecule has 27 heavy (non-hydrogen) atoms. The van der Waals surface area contributed by atoms with Gasteiger partial charge in [-0.15, -0.1) is 0 Å². The second-order valence-corrected chi connectivity index (χ2v) is 9.49. The lowest BCUT2D eigenvalue weighted by Crippen LogP contribution is -2.17. The number of unbranched alkanes of at least 4 members (excludes halogenated alkanes) is 2. The Morgan fingerprint density at radius 1 is 1.19 bits per heavy atom. The minimum atomic E-state index is -3.49. The third-order valence-corrected chi connectivity index (χ3v) is 6.25. The topological polar surface area (TPSA) is 84.3 Å². The maximum atomic E-state index is 12.0. The van der Waals surface area contributed by atoms with Crippen molar-refractivity contribution in [1.82, 2.24) is 9.97 Å². The van der Waals surface area contributed by atoms with E-state index in [0.717, 1.165) is 47.6 Å². The van der Waals surface area contributed by atoms with Crippen molar-refractivity contribution < 1.29 is 8.42 Å². The van der Waals surface area contributed by atoms with Gasteiger partial charge in [0.25, 0.3) is 0 Å². The monoisotopic (exact) mass is 404 g/mol. The van der Waals surface area contributed by atoms with E-state index in [1.807, 2.05) is 19.1 Å². The number of aliphatic imine (C=N–C) groups is 1. The maximum Gasteiger partial charge on any atom is 0.249 e. The molecule has 0 amide bonds. The molecule has 1 aromatic heterocycles. The van der Waals surface area contributed by atoms with Crippen LogP contribution in [0.15, 0.2) is 39.3 Å². The Morgan fingerprint density at radius 2 is 1.96 bits per heavy atom. The maximum absolute atomic E-state index is 12.0. The molecule has 0 radical (unpaired) electrons. The van der Waals surface area contributed by atoms with E-state index in [-0.39, 0.29) is 5.16 Å². The number of benzene rings is 1. The summed E-state index contributed by atoms with van der Waals surface area (Å²) < 4.78 is 24.0. The van der Waals surface area contributed by atoms with E-state index in [9.17, 15) is 8.42 Å². The van der Waals surface area contributed by atoms with Crippen LogP contribution in [-0.2, 0) is 16.4 Å². The predicted molar refractivity (Wildman–Crippen MR) is 110 cm³/mol. The number of rotatable bonds is 7. The zero-order valence-electron chi connectivity index (χ0n) is 15.8. The molecule has 0 spiro atoms. The number of aromatic nitrogens is 2. The van der Waals surface area contributed by atoms with E-state index in [2.05, 4.69) is 34.3 Å². The zero-order chi connectivity index (χ0) is 19.4. The van der Waals surface area contributed by atoms with Crippen LogP contribution in [0.2, 0.25) is 0 Å². The van der Waals surface area contributed by atoms with Gasteiger partial charge < -0.3 is 5.32 Å². The fourth-order valence-corrected chi connectivity index (χ4v) is 4.49. The first-order valence-corrected chi connectivity index (χ1v) is 11.7. The molecule has 0 unspecified atom stereocenters. The van der Waals surface area contributed by atoms with E-state index >= 15 is 0 Å². The second kappa shape index (κ2) is 8.39. The summed E-state index contributed by atoms with van der Waals surface area (Å²) in [5.74, 6) is 0.546. The van der Waals surface area contributed by atoms with Crippen molar-refractivity contribution in [3.05, 3.63) is 41.1 Å². The van der Waals surface area contributed by atoms with Gasteiger partial charge in [0.1, 0.15) is 10.9 Å². The molecule has 6 nitrogen and oxygen atoms in total. The van der Waals surface area contributed by atoms with Crippen LogP contribution in [-0.4, -0.2) is 36.2 Å². The quantitative estimate of drug-likeness (QED) is 0.557. The van der Waals surface area contributed by atoms with Crippen LogP contribution in [0.1, 0.15) is 43.0 Å². The van der Waals surface area contributed by atoms with Crippen LogP contribution in [0.3, 0.4) is 0 Å². The highest BCUT2D eigenvalue weighted by atomic mass is 32.2. The smallest absolute Gasteiger partial charge is 0.249 e. The highest BCUT2D eigenvalue weighted by molar-refractivity contribution is 8.14. The SMILES string of the molecule is CCCCCNc1nc(S(C)(=O)=O)nc(C)c1C1=NCc2ccccc2S1. The van der Waals surface area contributed by atoms with Crippen molar-refractivity contribution in [3.63, 3.8) is 0 Å². The average Bonchev–Trinajstić information content (AvgIpc) is 2.64. The van der Waals surface area contributed by atoms with Crippen molar-refractivity contribution in [3.8, 4) is 0 Å². The van der Waals surface area contributed by atoms with Crippen LogP contribution >= 0.6 is 11.8 Å². The van der Waals surface area contributed by atoms with Gasteiger partial charge in [-0.25, -0.2) is 18.4 Å². The number of nitrogens with zero attached hydrogens (tertiary/aromatic N) is 3. The molecule has 1 aliphatic rings. The summed E-state index contributed by atoms with van der Waals surface area (Å²) in [6.45, 7) is 5.29. The van der Waals surface area contributed by atoms with Gasteiger partial charge in [0.15, 0.2) is 0 Å². The summed E-state index contributed by atoms with van der Waals surface area (Å²) in [6.07, 6.45) is 4.35. The minimum absolute atomic E-state index is 0.149. The molecule has 0 atom stereocenters. The number of hydrogen-bond donors (Lipinski definition) is 1. The predicted octanol–water partition coefficient (Wildman–Crippen LogP) is 3.84. The highest BCUT2D eigenvalue weighted by Gasteiger charge is 2.24. The van der Waals surface area contributed by atoms with Gasteiger partial charge in [-0.3, -0.25) is 4.99 Å². The lowest BCUT2D eigenvalue weighted by molar-refractivity contribution is 0.592. The molecule has 1 aromatic carbocycles. The molecule has 144 valence electrons. The number of fused-ring (bicyclic) bond motifs is 1. The first-order valence-electron chi connectivity index (χ1n) is 9.03. The highest BCUT2D eigenvalue weighted by Crippen LogP contribution is 2.34. The van der Waals surface area contributed by atoms with Crippen molar-refractivity contribution >= 4 is 32.5 Å². The molecule has 0 fully saturated rings. The standard InChI is InChI=1S/C19H24N4O2S2/c1-4-5-8-11-20-17-16(13(2)22-19(23-17)27(3,24)25)18-21-12-14-9-6-7-10-15(14)26-18/h6-7,9-10H,4-5,8,11-12H2,1-3H3,(H,20,22,23). The van der Waals surface area contributed by atoms with Crippen molar-refractivity contribution in [2.45, 2.75) is 49.7 Å². The van der Waals surface area contributed by atoms with Gasteiger partial charge in [0.2, 0.25) is 15.0 Å². The number of nitrogens with one attached hydrogen (secondary N) is 1. The van der Waals surface area contributed by atoms with Gasteiger partial charge in [-0.1, -0.05) is 49.7 Å². The van der Waals surface area contributed by atoms with Gasteiger partial charge in [-0.2, -0.15) is 0 Å². The normalized spacial score (nSPS) is 13.8.